The summed E-state index contributed by atoms with van der Waals surface area (Å²) in [6.45, 7) is 4.50. The van der Waals surface area contributed by atoms with Gasteiger partial charge in [0.1, 0.15) is 12.4 Å². The first-order valence-corrected chi connectivity index (χ1v) is 7.63. The lowest BCUT2D eigenvalue weighted by atomic mass is 10.0. The maximum Gasteiger partial charge on any atom is 0.229 e. The number of hydrazine groups is 1. The molecule has 0 saturated carbocycles. The van der Waals surface area contributed by atoms with Crippen LogP contribution < -0.4 is 15.6 Å². The summed E-state index contributed by atoms with van der Waals surface area (Å²) in [4.78, 5) is 14.5. The van der Waals surface area contributed by atoms with E-state index in [-0.39, 0.29) is 17.9 Å². The van der Waals surface area contributed by atoms with Gasteiger partial charge in [-0.3, -0.25) is 15.6 Å². The molecule has 2 N–H and O–H groups in total. The molecule has 1 amide bonds. The van der Waals surface area contributed by atoms with Gasteiger partial charge in [-0.2, -0.15) is 0 Å². The van der Waals surface area contributed by atoms with Crippen molar-refractivity contribution >= 4 is 21.8 Å². The van der Waals surface area contributed by atoms with Crippen LogP contribution in [-0.2, 0) is 11.3 Å². The third-order valence-corrected chi connectivity index (χ3v) is 4.38. The van der Waals surface area contributed by atoms with Crippen molar-refractivity contribution < 1.29 is 9.53 Å². The summed E-state index contributed by atoms with van der Waals surface area (Å²) >= 11 is 3.47. The second-order valence-electron chi connectivity index (χ2n) is 5.28. The Bertz CT molecular complexity index is 523. The lowest BCUT2D eigenvalue weighted by Gasteiger charge is -2.24. The maximum atomic E-state index is 12.6. The highest BCUT2D eigenvalue weighted by molar-refractivity contribution is 9.10. The molecule has 1 fully saturated rings. The molecule has 3 rings (SSSR count). The van der Waals surface area contributed by atoms with E-state index >= 15 is 0 Å². The fourth-order valence-corrected chi connectivity index (χ4v) is 3.10. The second kappa shape index (κ2) is 5.71. The lowest BCUT2D eigenvalue weighted by molar-refractivity contribution is -0.136. The van der Waals surface area contributed by atoms with E-state index in [2.05, 4.69) is 26.8 Å². The number of carbonyl (C=O) groups is 1. The summed E-state index contributed by atoms with van der Waals surface area (Å²) in [7, 11) is 0. The standard InChI is InChI=1S/C14H18BrN3O2/c1-9-12(7-16-17-9)14(19)18-4-5-20-13-3-2-11(15)6-10(13)8-18/h2-3,6,9,12,16-17H,4-5,7-8H2,1H3. The first kappa shape index (κ1) is 13.9. The van der Waals surface area contributed by atoms with Crippen molar-refractivity contribution in [3.63, 3.8) is 0 Å². The highest BCUT2D eigenvalue weighted by Crippen LogP contribution is 2.27. The molecule has 6 heteroatoms. The summed E-state index contributed by atoms with van der Waals surface area (Å²) in [6.07, 6.45) is 0. The van der Waals surface area contributed by atoms with Gasteiger partial charge in [0.2, 0.25) is 5.91 Å². The van der Waals surface area contributed by atoms with Gasteiger partial charge in [-0.1, -0.05) is 15.9 Å². The molecule has 0 bridgehead atoms. The fraction of sp³-hybridized carbons (Fsp3) is 0.500. The van der Waals surface area contributed by atoms with E-state index in [4.69, 9.17) is 4.74 Å². The maximum absolute atomic E-state index is 12.6. The first-order valence-electron chi connectivity index (χ1n) is 6.83. The molecule has 2 atom stereocenters. The van der Waals surface area contributed by atoms with E-state index in [1.165, 1.54) is 0 Å². The molecule has 2 aliphatic rings. The Hall–Kier alpha value is -1.11. The van der Waals surface area contributed by atoms with Crippen molar-refractivity contribution in [3.8, 4) is 5.75 Å². The van der Waals surface area contributed by atoms with E-state index in [1.54, 1.807) is 0 Å². The number of amides is 1. The van der Waals surface area contributed by atoms with Crippen LogP contribution in [-0.4, -0.2) is 36.5 Å². The predicted molar refractivity (Wildman–Crippen MR) is 79.1 cm³/mol. The van der Waals surface area contributed by atoms with E-state index < -0.39 is 0 Å². The summed E-state index contributed by atoms with van der Waals surface area (Å²) in [5.74, 6) is 1.05. The summed E-state index contributed by atoms with van der Waals surface area (Å²) in [5, 5.41) is 0. The van der Waals surface area contributed by atoms with E-state index in [0.717, 1.165) is 15.8 Å². The quantitative estimate of drug-likeness (QED) is 0.809. The highest BCUT2D eigenvalue weighted by Gasteiger charge is 2.33. The monoisotopic (exact) mass is 339 g/mol. The molecule has 0 aromatic heterocycles. The highest BCUT2D eigenvalue weighted by atomic mass is 79.9. The Morgan fingerprint density at radius 3 is 3.10 bits per heavy atom. The van der Waals surface area contributed by atoms with Gasteiger partial charge < -0.3 is 9.64 Å². The number of benzene rings is 1. The number of ether oxygens (including phenoxy) is 1. The average Bonchev–Trinajstić information content (AvgIpc) is 2.73. The van der Waals surface area contributed by atoms with Crippen molar-refractivity contribution in [1.29, 1.82) is 0 Å². The molecule has 108 valence electrons. The normalized spacial score (nSPS) is 25.8. The Labute approximate surface area is 126 Å². The zero-order valence-corrected chi connectivity index (χ0v) is 12.9. The molecule has 2 aliphatic heterocycles. The smallest absolute Gasteiger partial charge is 0.229 e. The minimum absolute atomic E-state index is 0.0105. The fourth-order valence-electron chi connectivity index (χ4n) is 2.69. The molecule has 1 saturated heterocycles. The minimum Gasteiger partial charge on any atom is -0.491 e. The van der Waals surface area contributed by atoms with Crippen molar-refractivity contribution in [2.75, 3.05) is 19.7 Å². The lowest BCUT2D eigenvalue weighted by Crippen LogP contribution is -2.41. The molecular weight excluding hydrogens is 322 g/mol. The largest absolute Gasteiger partial charge is 0.491 e. The Morgan fingerprint density at radius 2 is 2.35 bits per heavy atom. The third-order valence-electron chi connectivity index (χ3n) is 3.89. The van der Waals surface area contributed by atoms with Crippen molar-refractivity contribution in [3.05, 3.63) is 28.2 Å². The summed E-state index contributed by atoms with van der Waals surface area (Å²) < 4.78 is 6.73. The molecule has 5 nitrogen and oxygen atoms in total. The van der Waals surface area contributed by atoms with Gasteiger partial charge in [0.25, 0.3) is 0 Å². The molecule has 0 spiro atoms. The van der Waals surface area contributed by atoms with Gasteiger partial charge in [-0.05, 0) is 25.1 Å². The number of halogens is 1. The van der Waals surface area contributed by atoms with Crippen LogP contribution >= 0.6 is 15.9 Å². The van der Waals surface area contributed by atoms with Crippen LogP contribution in [0.3, 0.4) is 0 Å². The number of rotatable bonds is 1. The number of hydrogen-bond donors (Lipinski definition) is 2. The topological polar surface area (TPSA) is 53.6 Å². The van der Waals surface area contributed by atoms with Gasteiger partial charge in [-0.15, -0.1) is 0 Å². The van der Waals surface area contributed by atoms with Crippen LogP contribution in [0.5, 0.6) is 5.75 Å². The Balaban J connectivity index is 1.79. The van der Waals surface area contributed by atoms with Gasteiger partial charge in [-0.25, -0.2) is 0 Å². The minimum atomic E-state index is -0.0105. The summed E-state index contributed by atoms with van der Waals surface area (Å²) in [6, 6.07) is 6.10. The Morgan fingerprint density at radius 1 is 1.50 bits per heavy atom. The van der Waals surface area contributed by atoms with Crippen molar-refractivity contribution in [2.24, 2.45) is 5.92 Å². The first-order chi connectivity index (χ1) is 9.65. The number of hydrogen-bond acceptors (Lipinski definition) is 4. The van der Waals surface area contributed by atoms with Gasteiger partial charge in [0, 0.05) is 29.2 Å². The van der Waals surface area contributed by atoms with E-state index in [0.29, 0.717) is 26.2 Å². The molecule has 2 unspecified atom stereocenters. The van der Waals surface area contributed by atoms with Gasteiger partial charge in [0.05, 0.1) is 12.5 Å². The number of nitrogens with one attached hydrogen (secondary N) is 2. The Kier molecular flexibility index (Phi) is 3.96. The number of fused-ring (bicyclic) bond motifs is 1. The van der Waals surface area contributed by atoms with Crippen LogP contribution in [0, 0.1) is 5.92 Å². The summed E-state index contributed by atoms with van der Waals surface area (Å²) in [5.41, 5.74) is 7.20. The third kappa shape index (κ3) is 2.68. The zero-order valence-electron chi connectivity index (χ0n) is 11.4. The van der Waals surface area contributed by atoms with Gasteiger partial charge >= 0.3 is 0 Å². The average molecular weight is 340 g/mol. The van der Waals surface area contributed by atoms with Gasteiger partial charge in [0.15, 0.2) is 0 Å². The molecule has 2 heterocycles. The molecule has 0 radical (unpaired) electrons. The van der Waals surface area contributed by atoms with E-state index in [9.17, 15) is 4.79 Å². The molecule has 1 aromatic carbocycles. The molecule has 1 aromatic rings. The SMILES string of the molecule is CC1NNCC1C(=O)N1CCOc2ccc(Br)cc2C1. The molecular formula is C14H18BrN3O2. The molecule has 20 heavy (non-hydrogen) atoms. The second-order valence-corrected chi connectivity index (χ2v) is 6.20. The van der Waals surface area contributed by atoms with Crippen molar-refractivity contribution in [2.45, 2.75) is 19.5 Å². The van der Waals surface area contributed by atoms with Crippen molar-refractivity contribution in [1.82, 2.24) is 15.8 Å². The van der Waals surface area contributed by atoms with Crippen LogP contribution in [0.15, 0.2) is 22.7 Å². The van der Waals surface area contributed by atoms with Crippen LogP contribution in [0.25, 0.3) is 0 Å². The van der Waals surface area contributed by atoms with Crippen LogP contribution in [0.2, 0.25) is 0 Å². The predicted octanol–water partition coefficient (Wildman–Crippen LogP) is 1.28. The van der Waals surface area contributed by atoms with Crippen LogP contribution in [0.1, 0.15) is 12.5 Å². The van der Waals surface area contributed by atoms with E-state index in [1.807, 2.05) is 30.0 Å². The number of nitrogens with zero attached hydrogens (tertiary/aromatic N) is 1. The zero-order chi connectivity index (χ0) is 14.1. The van der Waals surface area contributed by atoms with Crippen LogP contribution in [0.4, 0.5) is 0 Å². The molecule has 0 aliphatic carbocycles. The number of carbonyl (C=O) groups excluding carboxylic acids is 1.